The minimum atomic E-state index is -0.214. The molecular weight excluding hydrogens is 302 g/mol. The molecule has 4 nitrogen and oxygen atoms in total. The first kappa shape index (κ1) is 14.3. The van der Waals surface area contributed by atoms with E-state index in [0.29, 0.717) is 21.0 Å². The van der Waals surface area contributed by atoms with E-state index in [2.05, 4.69) is 29.4 Å². The van der Waals surface area contributed by atoms with Gasteiger partial charge in [-0.1, -0.05) is 48.5 Å². The van der Waals surface area contributed by atoms with Crippen LogP contribution in [-0.4, -0.2) is 21.4 Å². The molecule has 2 aromatic rings. The summed E-state index contributed by atoms with van der Waals surface area (Å²) in [6.45, 7) is 4.16. The minimum absolute atomic E-state index is 0.214. The van der Waals surface area contributed by atoms with Gasteiger partial charge in [0.2, 0.25) is 5.13 Å². The summed E-state index contributed by atoms with van der Waals surface area (Å²) in [6, 6.07) is 6.69. The molecule has 1 aromatic carbocycles. The summed E-state index contributed by atoms with van der Waals surface area (Å²) in [7, 11) is 0. The van der Waals surface area contributed by atoms with Crippen LogP contribution >= 0.6 is 34.7 Å². The van der Waals surface area contributed by atoms with Crippen molar-refractivity contribution in [3.8, 4) is 0 Å². The molecule has 0 fully saturated rings. The summed E-state index contributed by atoms with van der Waals surface area (Å²) in [5.74, 6) is -0.214. The summed E-state index contributed by atoms with van der Waals surface area (Å²) in [6.07, 6.45) is 0. The van der Waals surface area contributed by atoms with Gasteiger partial charge in [-0.25, -0.2) is 0 Å². The molecule has 0 bridgehead atoms. The van der Waals surface area contributed by atoms with Gasteiger partial charge in [-0.05, 0) is 24.3 Å². The molecular formula is C12H12ClN3OS2. The van der Waals surface area contributed by atoms with Gasteiger partial charge in [0.1, 0.15) is 0 Å². The Labute approximate surface area is 124 Å². The van der Waals surface area contributed by atoms with Crippen LogP contribution in [0.5, 0.6) is 0 Å². The summed E-state index contributed by atoms with van der Waals surface area (Å²) in [4.78, 5) is 11.9. The first-order valence-electron chi connectivity index (χ1n) is 5.61. The highest BCUT2D eigenvalue weighted by Crippen LogP contribution is 2.28. The number of carbonyl (C=O) groups is 1. The molecule has 0 atom stereocenters. The number of nitrogens with one attached hydrogen (secondary N) is 1. The van der Waals surface area contributed by atoms with Gasteiger partial charge >= 0.3 is 0 Å². The van der Waals surface area contributed by atoms with Crippen LogP contribution in [-0.2, 0) is 0 Å². The molecule has 0 aliphatic heterocycles. The molecule has 0 radical (unpaired) electrons. The van der Waals surface area contributed by atoms with Crippen molar-refractivity contribution in [1.29, 1.82) is 0 Å². The van der Waals surface area contributed by atoms with Gasteiger partial charge in [0.15, 0.2) is 4.34 Å². The van der Waals surface area contributed by atoms with Gasteiger partial charge in [0, 0.05) is 15.8 Å². The SMILES string of the molecule is CC(C)Sc1nnc(NC(=O)c2ccc(Cl)cc2)s1. The van der Waals surface area contributed by atoms with E-state index >= 15 is 0 Å². The molecule has 0 aliphatic carbocycles. The minimum Gasteiger partial charge on any atom is -0.296 e. The molecule has 0 unspecified atom stereocenters. The topological polar surface area (TPSA) is 54.9 Å². The number of thioether (sulfide) groups is 1. The van der Waals surface area contributed by atoms with Crippen LogP contribution < -0.4 is 5.32 Å². The fraction of sp³-hybridized carbons (Fsp3) is 0.250. The van der Waals surface area contributed by atoms with Crippen molar-refractivity contribution in [3.63, 3.8) is 0 Å². The first-order chi connectivity index (χ1) is 9.04. The fourth-order valence-corrected chi connectivity index (χ4v) is 3.38. The predicted molar refractivity (Wildman–Crippen MR) is 80.3 cm³/mol. The van der Waals surface area contributed by atoms with E-state index in [0.717, 1.165) is 4.34 Å². The Hall–Kier alpha value is -1.11. The summed E-state index contributed by atoms with van der Waals surface area (Å²) in [5.41, 5.74) is 0.540. The lowest BCUT2D eigenvalue weighted by Crippen LogP contribution is -2.11. The maximum Gasteiger partial charge on any atom is 0.257 e. The third kappa shape index (κ3) is 4.19. The van der Waals surface area contributed by atoms with Gasteiger partial charge in [0.25, 0.3) is 5.91 Å². The Bertz CT molecular complexity index is 569. The predicted octanol–water partition coefficient (Wildman–Crippen LogP) is 3.94. The second-order valence-electron chi connectivity index (χ2n) is 4.00. The monoisotopic (exact) mass is 313 g/mol. The van der Waals surface area contributed by atoms with Gasteiger partial charge in [0.05, 0.1) is 0 Å². The largest absolute Gasteiger partial charge is 0.296 e. The summed E-state index contributed by atoms with van der Waals surface area (Å²) >= 11 is 8.76. The first-order valence-corrected chi connectivity index (χ1v) is 7.69. The van der Waals surface area contributed by atoms with Crippen molar-refractivity contribution in [2.24, 2.45) is 0 Å². The highest BCUT2D eigenvalue weighted by atomic mass is 35.5. The van der Waals surface area contributed by atoms with Crippen LogP contribution in [0.15, 0.2) is 28.6 Å². The van der Waals surface area contributed by atoms with Gasteiger partial charge in [-0.15, -0.1) is 10.2 Å². The summed E-state index contributed by atoms with van der Waals surface area (Å²) in [5, 5.41) is 12.2. The molecule has 100 valence electrons. The standard InChI is InChI=1S/C12H12ClN3OS2/c1-7(2)18-12-16-15-11(19-12)14-10(17)8-3-5-9(13)6-4-8/h3-7H,1-2H3,(H,14,15,17). The van der Waals surface area contributed by atoms with E-state index in [-0.39, 0.29) is 5.91 Å². The Morgan fingerprint density at radius 2 is 2.00 bits per heavy atom. The Morgan fingerprint density at radius 3 is 2.63 bits per heavy atom. The lowest BCUT2D eigenvalue weighted by atomic mass is 10.2. The number of benzene rings is 1. The maximum absolute atomic E-state index is 11.9. The zero-order chi connectivity index (χ0) is 13.8. The van der Waals surface area contributed by atoms with Crippen molar-refractivity contribution in [2.75, 3.05) is 5.32 Å². The van der Waals surface area contributed by atoms with Crippen LogP contribution in [0.25, 0.3) is 0 Å². The quantitative estimate of drug-likeness (QED) is 0.686. The second kappa shape index (κ2) is 6.36. The third-order valence-corrected chi connectivity index (χ3v) is 4.25. The van der Waals surface area contributed by atoms with Crippen LogP contribution in [0.2, 0.25) is 5.02 Å². The molecule has 0 aliphatic rings. The molecule has 19 heavy (non-hydrogen) atoms. The van der Waals surface area contributed by atoms with E-state index in [1.165, 1.54) is 11.3 Å². The lowest BCUT2D eigenvalue weighted by Gasteiger charge is -2.00. The van der Waals surface area contributed by atoms with E-state index in [4.69, 9.17) is 11.6 Å². The van der Waals surface area contributed by atoms with E-state index < -0.39 is 0 Å². The van der Waals surface area contributed by atoms with Crippen LogP contribution in [0.3, 0.4) is 0 Å². The Morgan fingerprint density at radius 1 is 1.32 bits per heavy atom. The van der Waals surface area contributed by atoms with Crippen molar-refractivity contribution >= 4 is 45.7 Å². The Kier molecular flexibility index (Phi) is 4.79. The molecule has 0 saturated carbocycles. The molecule has 2 rings (SSSR count). The zero-order valence-corrected chi connectivity index (χ0v) is 12.8. The number of amides is 1. The smallest absolute Gasteiger partial charge is 0.257 e. The fourth-order valence-electron chi connectivity index (χ4n) is 1.28. The molecule has 1 heterocycles. The van der Waals surface area contributed by atoms with Crippen LogP contribution in [0.1, 0.15) is 24.2 Å². The average molecular weight is 314 g/mol. The van der Waals surface area contributed by atoms with Crippen molar-refractivity contribution in [1.82, 2.24) is 10.2 Å². The van der Waals surface area contributed by atoms with Gasteiger partial charge < -0.3 is 0 Å². The normalized spacial score (nSPS) is 10.7. The van der Waals surface area contributed by atoms with Crippen molar-refractivity contribution < 1.29 is 4.79 Å². The van der Waals surface area contributed by atoms with Crippen LogP contribution in [0, 0.1) is 0 Å². The van der Waals surface area contributed by atoms with E-state index in [1.807, 2.05) is 0 Å². The van der Waals surface area contributed by atoms with Crippen molar-refractivity contribution in [3.05, 3.63) is 34.9 Å². The van der Waals surface area contributed by atoms with E-state index in [1.54, 1.807) is 36.0 Å². The van der Waals surface area contributed by atoms with Gasteiger partial charge in [-0.3, -0.25) is 10.1 Å². The van der Waals surface area contributed by atoms with Gasteiger partial charge in [-0.2, -0.15) is 0 Å². The number of aromatic nitrogens is 2. The number of rotatable bonds is 4. The van der Waals surface area contributed by atoms with Crippen molar-refractivity contribution in [2.45, 2.75) is 23.4 Å². The number of hydrogen-bond acceptors (Lipinski definition) is 5. The number of anilines is 1. The molecule has 1 aromatic heterocycles. The molecule has 1 amide bonds. The van der Waals surface area contributed by atoms with E-state index in [9.17, 15) is 4.79 Å². The second-order valence-corrected chi connectivity index (χ2v) is 7.24. The number of nitrogens with zero attached hydrogens (tertiary/aromatic N) is 2. The average Bonchev–Trinajstić information content (AvgIpc) is 2.76. The molecule has 0 saturated heterocycles. The zero-order valence-electron chi connectivity index (χ0n) is 10.4. The van der Waals surface area contributed by atoms with Crippen LogP contribution in [0.4, 0.5) is 5.13 Å². The number of carbonyl (C=O) groups excluding carboxylic acids is 1. The number of halogens is 1. The molecule has 1 N–H and O–H groups in total. The maximum atomic E-state index is 11.9. The number of hydrogen-bond donors (Lipinski definition) is 1. The highest BCUT2D eigenvalue weighted by Gasteiger charge is 2.11. The Balaban J connectivity index is 2.02. The molecule has 0 spiro atoms. The summed E-state index contributed by atoms with van der Waals surface area (Å²) < 4.78 is 0.849. The lowest BCUT2D eigenvalue weighted by molar-refractivity contribution is 0.102. The third-order valence-electron chi connectivity index (χ3n) is 2.07. The highest BCUT2D eigenvalue weighted by molar-refractivity contribution is 8.01. The molecule has 7 heteroatoms.